The fourth-order valence-electron chi connectivity index (χ4n) is 0.462. The number of unbranched alkanes of at least 4 members (excludes halogenated alkanes) is 1. The van der Waals surface area contributed by atoms with Gasteiger partial charge in [0.1, 0.15) is 0 Å². The van der Waals surface area contributed by atoms with Crippen LogP contribution in [0.2, 0.25) is 0 Å². The average molecular weight is 184 g/mol. The third-order valence-corrected chi connectivity index (χ3v) is 1.80. The average Bonchev–Trinajstić information content (AvgIpc) is 1.80. The quantitative estimate of drug-likeness (QED) is 0.671. The molecule has 0 aliphatic carbocycles. The van der Waals surface area contributed by atoms with E-state index in [1.165, 1.54) is 11.8 Å². The van der Waals surface area contributed by atoms with Crippen LogP contribution in [0.15, 0.2) is 0 Å². The number of rotatable bonds is 4. The second-order valence-electron chi connectivity index (χ2n) is 1.84. The van der Waals surface area contributed by atoms with Gasteiger partial charge >= 0.3 is 0 Å². The van der Waals surface area contributed by atoms with Crippen LogP contribution in [0.1, 0.15) is 19.8 Å². The second kappa shape index (κ2) is 9.27. The SMILES string of the molecule is CC(=O)SCCCCN.Cl. The Morgan fingerprint density at radius 1 is 1.50 bits per heavy atom. The van der Waals surface area contributed by atoms with Crippen molar-refractivity contribution in [1.29, 1.82) is 0 Å². The van der Waals surface area contributed by atoms with Crippen LogP contribution in [0.4, 0.5) is 0 Å². The van der Waals surface area contributed by atoms with Crippen molar-refractivity contribution >= 4 is 29.3 Å². The van der Waals surface area contributed by atoms with Crippen LogP contribution in [0.5, 0.6) is 0 Å². The Balaban J connectivity index is 0. The summed E-state index contributed by atoms with van der Waals surface area (Å²) < 4.78 is 0. The van der Waals surface area contributed by atoms with Crippen molar-refractivity contribution in [2.45, 2.75) is 19.8 Å². The van der Waals surface area contributed by atoms with Crippen LogP contribution < -0.4 is 5.73 Å². The Hall–Kier alpha value is 0.270. The minimum atomic E-state index is 0. The minimum absolute atomic E-state index is 0. The highest BCUT2D eigenvalue weighted by atomic mass is 35.5. The molecule has 0 fully saturated rings. The molecule has 0 amide bonds. The zero-order valence-corrected chi connectivity index (χ0v) is 7.76. The number of carbonyl (C=O) groups excluding carboxylic acids is 1. The molecule has 0 aliphatic rings. The van der Waals surface area contributed by atoms with Crippen LogP contribution in [0.3, 0.4) is 0 Å². The second-order valence-corrected chi connectivity index (χ2v) is 3.11. The normalized spacial score (nSPS) is 8.60. The van der Waals surface area contributed by atoms with Gasteiger partial charge in [-0.3, -0.25) is 4.79 Å². The monoisotopic (exact) mass is 183 g/mol. The predicted octanol–water partition coefficient (Wildman–Crippen LogP) is 1.43. The number of thioether (sulfide) groups is 1. The Kier molecular flexibility index (Phi) is 12.0. The van der Waals surface area contributed by atoms with Crippen molar-refractivity contribution in [2.75, 3.05) is 12.3 Å². The van der Waals surface area contributed by atoms with E-state index in [4.69, 9.17) is 5.73 Å². The van der Waals surface area contributed by atoms with Crippen LogP contribution in [-0.2, 0) is 4.79 Å². The van der Waals surface area contributed by atoms with E-state index in [0.717, 1.165) is 25.1 Å². The topological polar surface area (TPSA) is 43.1 Å². The van der Waals surface area contributed by atoms with Crippen molar-refractivity contribution in [3.63, 3.8) is 0 Å². The molecule has 0 aromatic heterocycles. The van der Waals surface area contributed by atoms with E-state index >= 15 is 0 Å². The lowest BCUT2D eigenvalue weighted by molar-refractivity contribution is -0.109. The van der Waals surface area contributed by atoms with Gasteiger partial charge in [-0.15, -0.1) is 12.4 Å². The fraction of sp³-hybridized carbons (Fsp3) is 0.833. The Bertz CT molecular complexity index is 89.8. The maximum Gasteiger partial charge on any atom is 0.185 e. The number of halogens is 1. The molecule has 2 nitrogen and oxygen atoms in total. The minimum Gasteiger partial charge on any atom is -0.330 e. The van der Waals surface area contributed by atoms with Crippen molar-refractivity contribution in [2.24, 2.45) is 5.73 Å². The summed E-state index contributed by atoms with van der Waals surface area (Å²) in [4.78, 5) is 10.3. The Morgan fingerprint density at radius 2 is 2.10 bits per heavy atom. The summed E-state index contributed by atoms with van der Waals surface area (Å²) in [6, 6.07) is 0. The molecule has 0 aliphatic heterocycles. The van der Waals surface area contributed by atoms with E-state index in [1.54, 1.807) is 6.92 Å². The first-order valence-corrected chi connectivity index (χ1v) is 4.09. The standard InChI is InChI=1S/C6H13NOS.ClH/c1-6(8)9-5-3-2-4-7;/h2-5,7H2,1H3;1H. The first kappa shape index (κ1) is 12.9. The number of nitrogens with two attached hydrogens (primary N) is 1. The van der Waals surface area contributed by atoms with E-state index in [2.05, 4.69) is 0 Å². The summed E-state index contributed by atoms with van der Waals surface area (Å²) in [5.41, 5.74) is 5.25. The van der Waals surface area contributed by atoms with Crippen LogP contribution in [0.25, 0.3) is 0 Å². The fourth-order valence-corrected chi connectivity index (χ4v) is 1.10. The van der Waals surface area contributed by atoms with Gasteiger partial charge < -0.3 is 5.73 Å². The predicted molar refractivity (Wildman–Crippen MR) is 48.7 cm³/mol. The molecule has 2 N–H and O–H groups in total. The Morgan fingerprint density at radius 3 is 2.50 bits per heavy atom. The molecule has 0 spiro atoms. The molecule has 0 radical (unpaired) electrons. The molecule has 0 unspecified atom stereocenters. The number of hydrogen-bond donors (Lipinski definition) is 1. The van der Waals surface area contributed by atoms with Gasteiger partial charge in [0.05, 0.1) is 0 Å². The molecule has 0 heterocycles. The Labute approximate surface area is 72.3 Å². The molecule has 10 heavy (non-hydrogen) atoms. The summed E-state index contributed by atoms with van der Waals surface area (Å²) in [6.45, 7) is 2.32. The van der Waals surface area contributed by atoms with Gasteiger partial charge in [0, 0.05) is 12.7 Å². The highest BCUT2D eigenvalue weighted by Gasteiger charge is 1.91. The third kappa shape index (κ3) is 11.1. The lowest BCUT2D eigenvalue weighted by atomic mass is 10.3. The van der Waals surface area contributed by atoms with Gasteiger partial charge in [0.2, 0.25) is 0 Å². The van der Waals surface area contributed by atoms with Crippen molar-refractivity contribution < 1.29 is 4.79 Å². The van der Waals surface area contributed by atoms with Gasteiger partial charge in [-0.05, 0) is 19.4 Å². The van der Waals surface area contributed by atoms with Crippen molar-refractivity contribution in [3.05, 3.63) is 0 Å². The highest BCUT2D eigenvalue weighted by Crippen LogP contribution is 2.03. The van der Waals surface area contributed by atoms with Gasteiger partial charge in [-0.25, -0.2) is 0 Å². The summed E-state index contributed by atoms with van der Waals surface area (Å²) in [7, 11) is 0. The third-order valence-electron chi connectivity index (χ3n) is 0.904. The molecule has 0 saturated carbocycles. The first-order chi connectivity index (χ1) is 4.27. The molecule has 0 bridgehead atoms. The first-order valence-electron chi connectivity index (χ1n) is 3.11. The number of carbonyl (C=O) groups is 1. The summed E-state index contributed by atoms with van der Waals surface area (Å²) in [6.07, 6.45) is 2.08. The lowest BCUT2D eigenvalue weighted by Crippen LogP contribution is -1.98. The molecular formula is C6H14ClNOS. The maximum atomic E-state index is 10.3. The molecule has 0 aromatic carbocycles. The molecule has 0 aromatic rings. The summed E-state index contributed by atoms with van der Waals surface area (Å²) in [5, 5.41) is 0.201. The summed E-state index contributed by atoms with van der Waals surface area (Å²) >= 11 is 1.38. The number of hydrogen-bond acceptors (Lipinski definition) is 3. The molecule has 0 rings (SSSR count). The zero-order valence-electron chi connectivity index (χ0n) is 6.13. The highest BCUT2D eigenvalue weighted by molar-refractivity contribution is 8.13. The van der Waals surface area contributed by atoms with Crippen LogP contribution in [0, 0.1) is 0 Å². The van der Waals surface area contributed by atoms with Crippen molar-refractivity contribution in [1.82, 2.24) is 0 Å². The molecule has 0 atom stereocenters. The lowest BCUT2D eigenvalue weighted by Gasteiger charge is -1.93. The molecule has 62 valence electrons. The van der Waals surface area contributed by atoms with E-state index in [9.17, 15) is 4.79 Å². The smallest absolute Gasteiger partial charge is 0.185 e. The van der Waals surface area contributed by atoms with Gasteiger partial charge in [-0.2, -0.15) is 0 Å². The van der Waals surface area contributed by atoms with E-state index in [0.29, 0.717) is 0 Å². The van der Waals surface area contributed by atoms with Gasteiger partial charge in [0.15, 0.2) is 5.12 Å². The van der Waals surface area contributed by atoms with Gasteiger partial charge in [0.25, 0.3) is 0 Å². The van der Waals surface area contributed by atoms with E-state index in [1.807, 2.05) is 0 Å². The maximum absolute atomic E-state index is 10.3. The largest absolute Gasteiger partial charge is 0.330 e. The molecule has 4 heteroatoms. The van der Waals surface area contributed by atoms with Crippen LogP contribution in [-0.4, -0.2) is 17.4 Å². The summed E-state index contributed by atoms with van der Waals surface area (Å²) in [5.74, 6) is 0.923. The molecular weight excluding hydrogens is 170 g/mol. The molecule has 0 saturated heterocycles. The van der Waals surface area contributed by atoms with Crippen LogP contribution >= 0.6 is 24.2 Å². The van der Waals surface area contributed by atoms with Gasteiger partial charge in [-0.1, -0.05) is 11.8 Å². The zero-order chi connectivity index (χ0) is 7.11. The van der Waals surface area contributed by atoms with Crippen molar-refractivity contribution in [3.8, 4) is 0 Å². The van der Waals surface area contributed by atoms with E-state index < -0.39 is 0 Å². The van der Waals surface area contributed by atoms with E-state index in [-0.39, 0.29) is 17.5 Å².